The molecule has 0 saturated heterocycles. The number of aromatic nitrogens is 3. The molecule has 0 spiro atoms. The molecule has 3 aliphatic rings. The van der Waals surface area contributed by atoms with Gasteiger partial charge in [-0.25, -0.2) is 4.98 Å². The smallest absolute Gasteiger partial charge is 0.227 e. The number of anilines is 1. The molecule has 1 N–H and O–H groups in total. The predicted molar refractivity (Wildman–Crippen MR) is 88.7 cm³/mol. The zero-order valence-corrected chi connectivity index (χ0v) is 13.8. The van der Waals surface area contributed by atoms with E-state index in [0.717, 1.165) is 22.7 Å². The highest BCUT2D eigenvalue weighted by Gasteiger charge is 2.60. The molecular formula is C18H22N4O. The maximum Gasteiger partial charge on any atom is 0.227 e. The average Bonchev–Trinajstić information content (AvgIpc) is 2.84. The SMILES string of the molecule is Cc1ccc(NC(=O)C(C)C23CC(C2)C3)cc1-c1ncn(C)n1. The Balaban J connectivity index is 1.54. The van der Waals surface area contributed by atoms with Crippen molar-refractivity contribution in [3.8, 4) is 11.4 Å². The van der Waals surface area contributed by atoms with Crippen LogP contribution in [0.3, 0.4) is 0 Å². The monoisotopic (exact) mass is 310 g/mol. The van der Waals surface area contributed by atoms with Crippen molar-refractivity contribution >= 4 is 11.6 Å². The van der Waals surface area contributed by atoms with Gasteiger partial charge in [-0.15, -0.1) is 0 Å². The molecule has 1 amide bonds. The summed E-state index contributed by atoms with van der Waals surface area (Å²) >= 11 is 0. The van der Waals surface area contributed by atoms with Gasteiger partial charge in [-0.05, 0) is 55.2 Å². The number of nitrogens with one attached hydrogen (secondary N) is 1. The van der Waals surface area contributed by atoms with Crippen molar-refractivity contribution in [2.45, 2.75) is 33.1 Å². The van der Waals surface area contributed by atoms with Crippen LogP contribution in [0.15, 0.2) is 24.5 Å². The van der Waals surface area contributed by atoms with E-state index < -0.39 is 0 Å². The lowest BCUT2D eigenvalue weighted by Crippen LogP contribution is -2.58. The standard InChI is InChI=1S/C18H22N4O/c1-11-4-5-14(6-15(11)16-19-10-22(3)21-16)20-17(23)12(2)18-7-13(8-18)9-18/h4-6,10,12-13H,7-9H2,1-3H3,(H,20,23). The van der Waals surface area contributed by atoms with Crippen LogP contribution in [0, 0.1) is 24.2 Å². The van der Waals surface area contributed by atoms with Crippen LogP contribution in [0.2, 0.25) is 0 Å². The second kappa shape index (κ2) is 4.91. The second-order valence-electron chi connectivity index (χ2n) is 7.32. The van der Waals surface area contributed by atoms with E-state index in [0.29, 0.717) is 11.2 Å². The molecule has 2 bridgehead atoms. The van der Waals surface area contributed by atoms with Crippen LogP contribution < -0.4 is 5.32 Å². The first-order chi connectivity index (χ1) is 11.0. The Morgan fingerprint density at radius 3 is 2.70 bits per heavy atom. The summed E-state index contributed by atoms with van der Waals surface area (Å²) < 4.78 is 1.69. The average molecular weight is 310 g/mol. The van der Waals surface area contributed by atoms with Gasteiger partial charge in [0.05, 0.1) is 0 Å². The Labute approximate surface area is 136 Å². The summed E-state index contributed by atoms with van der Waals surface area (Å²) in [5, 5.41) is 7.44. The Morgan fingerprint density at radius 2 is 2.13 bits per heavy atom. The van der Waals surface area contributed by atoms with Crippen LogP contribution >= 0.6 is 0 Å². The van der Waals surface area contributed by atoms with E-state index in [1.165, 1.54) is 19.3 Å². The fourth-order valence-corrected chi connectivity index (χ4v) is 4.01. The third-order valence-corrected chi connectivity index (χ3v) is 5.74. The van der Waals surface area contributed by atoms with Crippen LogP contribution in [0.25, 0.3) is 11.4 Å². The van der Waals surface area contributed by atoms with E-state index in [2.05, 4.69) is 22.3 Å². The van der Waals surface area contributed by atoms with Gasteiger partial charge in [0, 0.05) is 24.2 Å². The molecule has 1 aromatic carbocycles. The molecule has 1 heterocycles. The number of amides is 1. The summed E-state index contributed by atoms with van der Waals surface area (Å²) in [6.07, 6.45) is 5.39. The van der Waals surface area contributed by atoms with E-state index in [4.69, 9.17) is 0 Å². The molecule has 23 heavy (non-hydrogen) atoms. The summed E-state index contributed by atoms with van der Waals surface area (Å²) in [6, 6.07) is 5.93. The minimum Gasteiger partial charge on any atom is -0.326 e. The molecule has 5 rings (SSSR count). The highest BCUT2D eigenvalue weighted by atomic mass is 16.1. The molecule has 120 valence electrons. The van der Waals surface area contributed by atoms with Gasteiger partial charge < -0.3 is 5.32 Å². The number of rotatable bonds is 4. The highest BCUT2D eigenvalue weighted by molar-refractivity contribution is 5.93. The number of benzene rings is 1. The summed E-state index contributed by atoms with van der Waals surface area (Å²) in [5.74, 6) is 1.80. The largest absolute Gasteiger partial charge is 0.326 e. The summed E-state index contributed by atoms with van der Waals surface area (Å²) in [5.41, 5.74) is 3.18. The number of hydrogen-bond acceptors (Lipinski definition) is 3. The fraction of sp³-hybridized carbons (Fsp3) is 0.500. The molecule has 1 atom stereocenters. The van der Waals surface area contributed by atoms with Crippen LogP contribution in [-0.4, -0.2) is 20.7 Å². The Kier molecular flexibility index (Phi) is 3.08. The number of nitrogens with zero attached hydrogens (tertiary/aromatic N) is 3. The maximum absolute atomic E-state index is 12.6. The third kappa shape index (κ3) is 2.26. The molecule has 3 saturated carbocycles. The Bertz CT molecular complexity index is 762. The van der Waals surface area contributed by atoms with Gasteiger partial charge in [0.25, 0.3) is 0 Å². The van der Waals surface area contributed by atoms with E-state index in [1.807, 2.05) is 32.2 Å². The second-order valence-corrected chi connectivity index (χ2v) is 7.32. The van der Waals surface area contributed by atoms with Crippen molar-refractivity contribution in [1.82, 2.24) is 14.8 Å². The lowest BCUT2D eigenvalue weighted by Gasteiger charge is -2.64. The summed E-state index contributed by atoms with van der Waals surface area (Å²) in [7, 11) is 1.85. The van der Waals surface area contributed by atoms with Crippen LogP contribution in [-0.2, 0) is 11.8 Å². The first-order valence-electron chi connectivity index (χ1n) is 8.24. The van der Waals surface area contributed by atoms with Gasteiger partial charge in [0.15, 0.2) is 5.82 Å². The van der Waals surface area contributed by atoms with Crippen LogP contribution in [0.1, 0.15) is 31.7 Å². The Hall–Kier alpha value is -2.17. The summed E-state index contributed by atoms with van der Waals surface area (Å²) in [6.45, 7) is 4.10. The molecule has 1 unspecified atom stereocenters. The molecule has 3 aliphatic carbocycles. The van der Waals surface area contributed by atoms with Gasteiger partial charge in [0.1, 0.15) is 6.33 Å². The van der Waals surface area contributed by atoms with Crippen molar-refractivity contribution in [2.24, 2.45) is 24.3 Å². The number of carbonyl (C=O) groups excluding carboxylic acids is 1. The maximum atomic E-state index is 12.6. The first-order valence-corrected chi connectivity index (χ1v) is 8.24. The van der Waals surface area contributed by atoms with Gasteiger partial charge >= 0.3 is 0 Å². The van der Waals surface area contributed by atoms with Crippen molar-refractivity contribution in [1.29, 1.82) is 0 Å². The van der Waals surface area contributed by atoms with E-state index in [1.54, 1.807) is 11.0 Å². The van der Waals surface area contributed by atoms with Gasteiger partial charge in [-0.2, -0.15) is 5.10 Å². The quantitative estimate of drug-likeness (QED) is 0.943. The fourth-order valence-electron chi connectivity index (χ4n) is 4.01. The molecule has 3 fully saturated rings. The predicted octanol–water partition coefficient (Wildman–Crippen LogP) is 3.17. The lowest BCUT2D eigenvalue weighted by molar-refractivity contribution is -0.161. The topological polar surface area (TPSA) is 59.8 Å². The zero-order chi connectivity index (χ0) is 16.2. The third-order valence-electron chi connectivity index (χ3n) is 5.74. The first kappa shape index (κ1) is 14.4. The molecule has 0 aliphatic heterocycles. The van der Waals surface area contributed by atoms with E-state index >= 15 is 0 Å². The molecule has 2 aromatic rings. The molecule has 5 heteroatoms. The molecular weight excluding hydrogens is 288 g/mol. The van der Waals surface area contributed by atoms with Crippen molar-refractivity contribution in [3.05, 3.63) is 30.1 Å². The summed E-state index contributed by atoms with van der Waals surface area (Å²) in [4.78, 5) is 16.9. The minimum absolute atomic E-state index is 0.0882. The molecule has 0 radical (unpaired) electrons. The zero-order valence-electron chi connectivity index (χ0n) is 13.8. The van der Waals surface area contributed by atoms with E-state index in [9.17, 15) is 4.79 Å². The normalized spacial score (nSPS) is 26.1. The lowest BCUT2D eigenvalue weighted by atomic mass is 9.40. The van der Waals surface area contributed by atoms with Crippen LogP contribution in [0.4, 0.5) is 5.69 Å². The molecule has 5 nitrogen and oxygen atoms in total. The Morgan fingerprint density at radius 1 is 1.39 bits per heavy atom. The van der Waals surface area contributed by atoms with Crippen LogP contribution in [0.5, 0.6) is 0 Å². The minimum atomic E-state index is 0.0882. The number of aryl methyl sites for hydroxylation is 2. The number of carbonyl (C=O) groups is 1. The van der Waals surface area contributed by atoms with Gasteiger partial charge in [0.2, 0.25) is 5.91 Å². The van der Waals surface area contributed by atoms with Crippen molar-refractivity contribution in [3.63, 3.8) is 0 Å². The number of hydrogen-bond donors (Lipinski definition) is 1. The highest BCUT2D eigenvalue weighted by Crippen LogP contribution is 2.68. The van der Waals surface area contributed by atoms with Gasteiger partial charge in [-0.3, -0.25) is 9.48 Å². The van der Waals surface area contributed by atoms with E-state index in [-0.39, 0.29) is 11.8 Å². The van der Waals surface area contributed by atoms with Gasteiger partial charge in [-0.1, -0.05) is 13.0 Å². The molecule has 1 aromatic heterocycles. The van der Waals surface area contributed by atoms with Crippen molar-refractivity contribution < 1.29 is 4.79 Å². The van der Waals surface area contributed by atoms with Crippen molar-refractivity contribution in [2.75, 3.05) is 5.32 Å².